The molecule has 39 heavy (non-hydrogen) atoms. The number of hydrogen-bond donors (Lipinski definition) is 1. The number of sulfonamides is 1. The first kappa shape index (κ1) is 28.0. The van der Waals surface area contributed by atoms with Crippen molar-refractivity contribution in [3.8, 4) is 0 Å². The Morgan fingerprint density at radius 1 is 0.897 bits per heavy atom. The standard InChI is InChI=1S/C30H33N3O5S/c1-21-14-16-23(17-15-21)19-32(25(28(35)31-30(2,3)4)18-22-10-6-5-7-11-22)27(34)20-33-29(36)24-12-8-9-13-26(24)39(33,37)38/h5-17,25H,18-20H2,1-4H3,(H,31,35)/t25-/m1/s1. The highest BCUT2D eigenvalue weighted by atomic mass is 32.2. The summed E-state index contributed by atoms with van der Waals surface area (Å²) in [6, 6.07) is 21.8. The lowest BCUT2D eigenvalue weighted by molar-refractivity contribution is -0.141. The maximum absolute atomic E-state index is 13.9. The normalized spacial score (nSPS) is 15.0. The van der Waals surface area contributed by atoms with Crippen LogP contribution in [0.15, 0.2) is 83.8 Å². The van der Waals surface area contributed by atoms with E-state index in [4.69, 9.17) is 0 Å². The molecule has 1 atom stereocenters. The van der Waals surface area contributed by atoms with Crippen molar-refractivity contribution in [3.05, 3.63) is 101 Å². The molecule has 0 radical (unpaired) electrons. The number of carbonyl (C=O) groups excluding carboxylic acids is 3. The smallest absolute Gasteiger partial charge is 0.269 e. The number of benzene rings is 3. The van der Waals surface area contributed by atoms with Crippen molar-refractivity contribution >= 4 is 27.7 Å². The SMILES string of the molecule is Cc1ccc(CN(C(=O)CN2C(=O)c3ccccc3S2(=O)=O)[C@H](Cc2ccccc2)C(=O)NC(C)(C)C)cc1. The summed E-state index contributed by atoms with van der Waals surface area (Å²) in [6.07, 6.45) is 0.210. The van der Waals surface area contributed by atoms with Gasteiger partial charge in [0.1, 0.15) is 17.5 Å². The molecule has 0 fully saturated rings. The average Bonchev–Trinajstić information content (AvgIpc) is 3.07. The molecule has 0 unspecified atom stereocenters. The van der Waals surface area contributed by atoms with E-state index in [2.05, 4.69) is 5.32 Å². The number of aryl methyl sites for hydroxylation is 1. The number of carbonyl (C=O) groups is 3. The predicted octanol–water partition coefficient (Wildman–Crippen LogP) is 3.69. The Morgan fingerprint density at radius 3 is 2.13 bits per heavy atom. The number of nitrogens with one attached hydrogen (secondary N) is 1. The van der Waals surface area contributed by atoms with Gasteiger partial charge in [-0.15, -0.1) is 0 Å². The van der Waals surface area contributed by atoms with Crippen molar-refractivity contribution in [3.63, 3.8) is 0 Å². The summed E-state index contributed by atoms with van der Waals surface area (Å²) < 4.78 is 27.0. The minimum Gasteiger partial charge on any atom is -0.350 e. The van der Waals surface area contributed by atoms with Crippen molar-refractivity contribution in [2.45, 2.75) is 57.1 Å². The van der Waals surface area contributed by atoms with Crippen molar-refractivity contribution in [2.75, 3.05) is 6.54 Å². The molecule has 0 aromatic heterocycles. The summed E-state index contributed by atoms with van der Waals surface area (Å²) in [6.45, 7) is 6.85. The van der Waals surface area contributed by atoms with Gasteiger partial charge in [-0.3, -0.25) is 14.4 Å². The Balaban J connectivity index is 1.72. The van der Waals surface area contributed by atoms with Gasteiger partial charge in [-0.25, -0.2) is 12.7 Å². The van der Waals surface area contributed by atoms with E-state index in [-0.39, 0.29) is 29.3 Å². The number of hydrogen-bond acceptors (Lipinski definition) is 5. The number of amides is 3. The Bertz CT molecular complexity index is 1480. The molecule has 8 nitrogen and oxygen atoms in total. The summed E-state index contributed by atoms with van der Waals surface area (Å²) in [5.41, 5.74) is 2.11. The number of nitrogens with zero attached hydrogens (tertiary/aromatic N) is 2. The van der Waals surface area contributed by atoms with Crippen LogP contribution in [-0.2, 0) is 32.6 Å². The molecule has 3 aromatic carbocycles. The zero-order valence-electron chi connectivity index (χ0n) is 22.5. The van der Waals surface area contributed by atoms with Crippen LogP contribution in [-0.4, -0.2) is 53.5 Å². The maximum Gasteiger partial charge on any atom is 0.269 e. The molecular formula is C30H33N3O5S. The zero-order chi connectivity index (χ0) is 28.4. The van der Waals surface area contributed by atoms with Crippen LogP contribution < -0.4 is 5.32 Å². The minimum absolute atomic E-state index is 0.0293. The van der Waals surface area contributed by atoms with Crippen molar-refractivity contribution in [2.24, 2.45) is 0 Å². The molecule has 0 saturated carbocycles. The Kier molecular flexibility index (Phi) is 7.92. The quantitative estimate of drug-likeness (QED) is 0.463. The first-order valence-electron chi connectivity index (χ1n) is 12.7. The summed E-state index contributed by atoms with van der Waals surface area (Å²) in [7, 11) is -4.20. The molecule has 3 amide bonds. The van der Waals surface area contributed by atoms with Gasteiger partial charge >= 0.3 is 0 Å². The van der Waals surface area contributed by atoms with E-state index < -0.39 is 40.0 Å². The first-order valence-corrected chi connectivity index (χ1v) is 14.2. The van der Waals surface area contributed by atoms with Crippen molar-refractivity contribution < 1.29 is 22.8 Å². The molecule has 1 aliphatic heterocycles. The second-order valence-corrected chi connectivity index (χ2v) is 12.6. The van der Waals surface area contributed by atoms with E-state index in [1.165, 1.54) is 23.1 Å². The fraction of sp³-hybridized carbons (Fsp3) is 0.300. The molecule has 0 bridgehead atoms. The second-order valence-electron chi connectivity index (χ2n) is 10.8. The topological polar surface area (TPSA) is 104 Å². The van der Waals surface area contributed by atoms with Gasteiger partial charge in [0.2, 0.25) is 11.8 Å². The molecule has 0 saturated heterocycles. The van der Waals surface area contributed by atoms with Gasteiger partial charge in [0.25, 0.3) is 15.9 Å². The highest BCUT2D eigenvalue weighted by Gasteiger charge is 2.43. The van der Waals surface area contributed by atoms with E-state index in [0.717, 1.165) is 16.7 Å². The predicted molar refractivity (Wildman–Crippen MR) is 148 cm³/mol. The van der Waals surface area contributed by atoms with E-state index in [1.807, 2.05) is 82.3 Å². The molecule has 1 aliphatic rings. The summed E-state index contributed by atoms with van der Waals surface area (Å²) >= 11 is 0. The van der Waals surface area contributed by atoms with Crippen LogP contribution >= 0.6 is 0 Å². The first-order chi connectivity index (χ1) is 18.4. The van der Waals surface area contributed by atoms with Gasteiger partial charge < -0.3 is 10.2 Å². The van der Waals surface area contributed by atoms with Crippen LogP contribution in [0.3, 0.4) is 0 Å². The van der Waals surface area contributed by atoms with Gasteiger partial charge in [-0.1, -0.05) is 72.3 Å². The van der Waals surface area contributed by atoms with E-state index in [0.29, 0.717) is 4.31 Å². The Hall–Kier alpha value is -3.98. The molecule has 0 aliphatic carbocycles. The number of fused-ring (bicyclic) bond motifs is 1. The van der Waals surface area contributed by atoms with Crippen LogP contribution in [0.1, 0.15) is 47.8 Å². The van der Waals surface area contributed by atoms with E-state index >= 15 is 0 Å². The third-order valence-electron chi connectivity index (χ3n) is 6.43. The van der Waals surface area contributed by atoms with Crippen LogP contribution in [0.2, 0.25) is 0 Å². The minimum atomic E-state index is -4.20. The largest absolute Gasteiger partial charge is 0.350 e. The third-order valence-corrected chi connectivity index (χ3v) is 8.22. The van der Waals surface area contributed by atoms with Crippen LogP contribution in [0, 0.1) is 6.92 Å². The van der Waals surface area contributed by atoms with Crippen LogP contribution in [0.4, 0.5) is 0 Å². The lowest BCUT2D eigenvalue weighted by Crippen LogP contribution is -2.56. The van der Waals surface area contributed by atoms with Gasteiger partial charge in [0, 0.05) is 18.5 Å². The second kappa shape index (κ2) is 11.0. The molecule has 1 N–H and O–H groups in total. The van der Waals surface area contributed by atoms with Crippen molar-refractivity contribution in [1.82, 2.24) is 14.5 Å². The van der Waals surface area contributed by atoms with Crippen molar-refractivity contribution in [1.29, 1.82) is 0 Å². The molecular weight excluding hydrogens is 514 g/mol. The zero-order valence-corrected chi connectivity index (χ0v) is 23.4. The summed E-state index contributed by atoms with van der Waals surface area (Å²) in [5.74, 6) is -1.77. The molecule has 9 heteroatoms. The Labute approximate surface area is 229 Å². The Morgan fingerprint density at radius 2 is 1.51 bits per heavy atom. The number of rotatable bonds is 8. The fourth-order valence-corrected chi connectivity index (χ4v) is 6.02. The molecule has 1 heterocycles. The van der Waals surface area contributed by atoms with Gasteiger partial charge in [-0.2, -0.15) is 0 Å². The molecule has 3 aromatic rings. The maximum atomic E-state index is 13.9. The monoisotopic (exact) mass is 547 g/mol. The van der Waals surface area contributed by atoms with Gasteiger partial charge in [0.05, 0.1) is 5.56 Å². The van der Waals surface area contributed by atoms with E-state index in [1.54, 1.807) is 6.07 Å². The van der Waals surface area contributed by atoms with Gasteiger partial charge in [-0.05, 0) is 51.0 Å². The average molecular weight is 548 g/mol. The molecule has 4 rings (SSSR count). The summed E-state index contributed by atoms with van der Waals surface area (Å²) in [4.78, 5) is 41.9. The molecule has 0 spiro atoms. The summed E-state index contributed by atoms with van der Waals surface area (Å²) in [5, 5.41) is 2.97. The van der Waals surface area contributed by atoms with Crippen LogP contribution in [0.5, 0.6) is 0 Å². The molecule has 204 valence electrons. The lowest BCUT2D eigenvalue weighted by Gasteiger charge is -2.34. The highest BCUT2D eigenvalue weighted by Crippen LogP contribution is 2.30. The van der Waals surface area contributed by atoms with Crippen LogP contribution in [0.25, 0.3) is 0 Å². The van der Waals surface area contributed by atoms with E-state index in [9.17, 15) is 22.8 Å². The lowest BCUT2D eigenvalue weighted by atomic mass is 10.0. The highest BCUT2D eigenvalue weighted by molar-refractivity contribution is 7.90. The fourth-order valence-electron chi connectivity index (χ4n) is 4.50. The van der Waals surface area contributed by atoms with Gasteiger partial charge in [0.15, 0.2) is 0 Å². The third kappa shape index (κ3) is 6.37.